The lowest BCUT2D eigenvalue weighted by molar-refractivity contribution is 0.316. The molecule has 0 spiro atoms. The molecule has 0 saturated carbocycles. The van der Waals surface area contributed by atoms with Gasteiger partial charge in [-0.1, -0.05) is 24.3 Å². The van der Waals surface area contributed by atoms with E-state index in [1.54, 1.807) is 21.7 Å². The number of aromatic nitrogens is 6. The summed E-state index contributed by atoms with van der Waals surface area (Å²) in [6.07, 6.45) is 0.365. The van der Waals surface area contributed by atoms with Crippen LogP contribution in [0.5, 0.6) is 11.5 Å². The first kappa shape index (κ1) is 26.5. The Labute approximate surface area is 238 Å². The van der Waals surface area contributed by atoms with Gasteiger partial charge in [0.1, 0.15) is 33.6 Å². The standard InChI is InChI=1S/C33H34N6O2/c1-32(2,3)38-34-26-11-7-22(18-28(26)36-38)20-9-13-30(40)24(15-20)17-25-16-21(10-14-31(25)41)23-8-12-27-29(19-23)37-39(35-27)33(4,5)6/h7-16,18-19,40-41H,17H2,1-6H3. The van der Waals surface area contributed by atoms with Gasteiger partial charge >= 0.3 is 0 Å². The lowest BCUT2D eigenvalue weighted by Crippen LogP contribution is -2.24. The van der Waals surface area contributed by atoms with Crippen molar-refractivity contribution in [2.45, 2.75) is 59.0 Å². The van der Waals surface area contributed by atoms with E-state index in [9.17, 15) is 10.2 Å². The normalized spacial score (nSPS) is 12.4. The molecule has 0 radical (unpaired) electrons. The third-order valence-corrected chi connectivity index (χ3v) is 7.17. The zero-order valence-electron chi connectivity index (χ0n) is 24.2. The van der Waals surface area contributed by atoms with Crippen LogP contribution in [0.2, 0.25) is 0 Å². The van der Waals surface area contributed by atoms with Crippen LogP contribution in [0.4, 0.5) is 0 Å². The molecule has 208 valence electrons. The summed E-state index contributed by atoms with van der Waals surface area (Å²) in [5.41, 5.74) is 8.19. The summed E-state index contributed by atoms with van der Waals surface area (Å²) in [4.78, 5) is 3.48. The molecule has 4 aromatic carbocycles. The Hall–Kier alpha value is -4.72. The van der Waals surface area contributed by atoms with Crippen LogP contribution in [0.3, 0.4) is 0 Å². The average Bonchev–Trinajstić information content (AvgIpc) is 3.55. The minimum atomic E-state index is -0.210. The topological polar surface area (TPSA) is 102 Å². The number of phenols is 2. The van der Waals surface area contributed by atoms with Gasteiger partial charge < -0.3 is 10.2 Å². The Morgan fingerprint density at radius 2 is 0.829 bits per heavy atom. The number of fused-ring (bicyclic) bond motifs is 2. The van der Waals surface area contributed by atoms with Gasteiger partial charge in [-0.3, -0.25) is 0 Å². The number of nitrogens with zero attached hydrogens (tertiary/aromatic N) is 6. The number of hydrogen-bond acceptors (Lipinski definition) is 6. The fourth-order valence-corrected chi connectivity index (χ4v) is 4.81. The SMILES string of the molecule is CC(C)(C)n1nc2ccc(-c3ccc(O)c(Cc4cc(-c5ccc6nn(C(C)(C)C)nc6c5)ccc4O)c3)cc2n1. The zero-order valence-corrected chi connectivity index (χ0v) is 24.2. The lowest BCUT2D eigenvalue weighted by Gasteiger charge is -2.16. The van der Waals surface area contributed by atoms with Crippen LogP contribution in [-0.4, -0.2) is 40.2 Å². The van der Waals surface area contributed by atoms with E-state index in [4.69, 9.17) is 0 Å². The first-order valence-electron chi connectivity index (χ1n) is 13.7. The summed E-state index contributed by atoms with van der Waals surface area (Å²) in [7, 11) is 0. The smallest absolute Gasteiger partial charge is 0.119 e. The highest BCUT2D eigenvalue weighted by molar-refractivity contribution is 5.82. The minimum absolute atomic E-state index is 0.179. The van der Waals surface area contributed by atoms with Crippen LogP contribution < -0.4 is 0 Å². The second kappa shape index (κ2) is 9.44. The van der Waals surface area contributed by atoms with Crippen molar-refractivity contribution in [1.29, 1.82) is 0 Å². The quantitative estimate of drug-likeness (QED) is 0.246. The van der Waals surface area contributed by atoms with E-state index < -0.39 is 0 Å². The van der Waals surface area contributed by atoms with Gasteiger partial charge in [0, 0.05) is 6.42 Å². The molecule has 8 nitrogen and oxygen atoms in total. The Morgan fingerprint density at radius 1 is 0.488 bits per heavy atom. The van der Waals surface area contributed by atoms with E-state index in [-0.39, 0.29) is 22.6 Å². The van der Waals surface area contributed by atoms with E-state index >= 15 is 0 Å². The molecule has 0 amide bonds. The monoisotopic (exact) mass is 546 g/mol. The summed E-state index contributed by atoms with van der Waals surface area (Å²) in [6.45, 7) is 12.4. The van der Waals surface area contributed by atoms with Gasteiger partial charge in [-0.2, -0.15) is 30.0 Å². The van der Waals surface area contributed by atoms with Crippen LogP contribution >= 0.6 is 0 Å². The molecule has 0 aliphatic carbocycles. The minimum Gasteiger partial charge on any atom is -0.508 e. The molecule has 0 fully saturated rings. The maximum absolute atomic E-state index is 10.7. The van der Waals surface area contributed by atoms with E-state index in [0.717, 1.165) is 55.4 Å². The van der Waals surface area contributed by atoms with Crippen molar-refractivity contribution in [2.75, 3.05) is 0 Å². The summed E-state index contributed by atoms with van der Waals surface area (Å²) >= 11 is 0. The second-order valence-electron chi connectivity index (χ2n) is 12.6. The van der Waals surface area contributed by atoms with Gasteiger partial charge in [0.2, 0.25) is 0 Å². The third-order valence-electron chi connectivity index (χ3n) is 7.17. The fraction of sp³-hybridized carbons (Fsp3) is 0.273. The average molecular weight is 547 g/mol. The van der Waals surface area contributed by atoms with Crippen molar-refractivity contribution >= 4 is 22.1 Å². The molecule has 0 aliphatic rings. The van der Waals surface area contributed by atoms with Gasteiger partial charge in [-0.15, -0.1) is 0 Å². The molecule has 41 heavy (non-hydrogen) atoms. The molecule has 2 aromatic heterocycles. The molecular weight excluding hydrogens is 512 g/mol. The first-order valence-corrected chi connectivity index (χ1v) is 13.7. The summed E-state index contributed by atoms with van der Waals surface area (Å²) in [5.74, 6) is 0.358. The molecule has 0 aliphatic heterocycles. The number of hydrogen-bond donors (Lipinski definition) is 2. The molecular formula is C33H34N6O2. The van der Waals surface area contributed by atoms with E-state index in [2.05, 4.69) is 61.9 Å². The molecule has 0 bridgehead atoms. The predicted molar refractivity (Wildman–Crippen MR) is 162 cm³/mol. The molecule has 0 unspecified atom stereocenters. The van der Waals surface area contributed by atoms with Gasteiger partial charge in [0.25, 0.3) is 0 Å². The van der Waals surface area contributed by atoms with Crippen molar-refractivity contribution in [3.63, 3.8) is 0 Å². The third kappa shape index (κ3) is 5.13. The van der Waals surface area contributed by atoms with Gasteiger partial charge in [-0.25, -0.2) is 0 Å². The van der Waals surface area contributed by atoms with Gasteiger partial charge in [0.15, 0.2) is 0 Å². The molecule has 0 saturated heterocycles. The van der Waals surface area contributed by atoms with Crippen molar-refractivity contribution in [2.24, 2.45) is 0 Å². The fourth-order valence-electron chi connectivity index (χ4n) is 4.81. The Kier molecular flexibility index (Phi) is 6.10. The Morgan fingerprint density at radius 3 is 1.22 bits per heavy atom. The highest BCUT2D eigenvalue weighted by Crippen LogP contribution is 2.34. The van der Waals surface area contributed by atoms with Crippen LogP contribution in [0.1, 0.15) is 52.7 Å². The lowest BCUT2D eigenvalue weighted by atomic mass is 9.95. The van der Waals surface area contributed by atoms with E-state index in [1.807, 2.05) is 60.7 Å². The van der Waals surface area contributed by atoms with Crippen molar-refractivity contribution in [1.82, 2.24) is 30.0 Å². The second-order valence-corrected chi connectivity index (χ2v) is 12.6. The number of aromatic hydroxyl groups is 2. The maximum atomic E-state index is 10.7. The number of phenolic OH excluding ortho intramolecular Hbond substituents is 2. The molecule has 2 heterocycles. The van der Waals surface area contributed by atoms with Crippen molar-refractivity contribution < 1.29 is 10.2 Å². The molecule has 6 aromatic rings. The highest BCUT2D eigenvalue weighted by atomic mass is 16.3. The summed E-state index contributed by atoms with van der Waals surface area (Å²) < 4.78 is 0. The maximum Gasteiger partial charge on any atom is 0.119 e. The molecule has 8 heteroatoms. The van der Waals surface area contributed by atoms with Crippen LogP contribution in [0, 0.1) is 0 Å². The number of benzene rings is 4. The van der Waals surface area contributed by atoms with Gasteiger partial charge in [0.05, 0.1) is 11.1 Å². The largest absolute Gasteiger partial charge is 0.508 e. The molecule has 2 N–H and O–H groups in total. The van der Waals surface area contributed by atoms with Crippen molar-refractivity contribution in [3.05, 3.63) is 83.9 Å². The summed E-state index contributed by atoms with van der Waals surface area (Å²) in [6, 6.07) is 23.1. The Bertz CT molecular complexity index is 1780. The van der Waals surface area contributed by atoms with Gasteiger partial charge in [-0.05, 0) is 123 Å². The molecule has 0 atom stereocenters. The number of rotatable bonds is 4. The predicted octanol–water partition coefficient (Wildman–Crippen LogP) is 7.02. The van der Waals surface area contributed by atoms with E-state index in [0.29, 0.717) is 6.42 Å². The van der Waals surface area contributed by atoms with Crippen LogP contribution in [-0.2, 0) is 17.5 Å². The first-order chi connectivity index (χ1) is 19.3. The zero-order chi connectivity index (χ0) is 29.1. The van der Waals surface area contributed by atoms with E-state index in [1.165, 1.54) is 0 Å². The van der Waals surface area contributed by atoms with Crippen LogP contribution in [0.15, 0.2) is 72.8 Å². The Balaban J connectivity index is 1.32. The van der Waals surface area contributed by atoms with Crippen molar-refractivity contribution in [3.8, 4) is 33.8 Å². The van der Waals surface area contributed by atoms with Crippen LogP contribution in [0.25, 0.3) is 44.3 Å². The summed E-state index contributed by atoms with van der Waals surface area (Å²) in [5, 5.41) is 40.1. The highest BCUT2D eigenvalue weighted by Gasteiger charge is 2.19. The molecule has 6 rings (SSSR count).